The van der Waals surface area contributed by atoms with Crippen LogP contribution in [0.1, 0.15) is 31.2 Å². The predicted molar refractivity (Wildman–Crippen MR) is 84.9 cm³/mol. The van der Waals surface area contributed by atoms with Crippen LogP contribution in [0.3, 0.4) is 0 Å². The van der Waals surface area contributed by atoms with Gasteiger partial charge in [-0.15, -0.1) is 11.3 Å². The molecular formula is C16H20N2OS. The number of nitrogens with zero attached hydrogens (tertiary/aromatic N) is 1. The van der Waals surface area contributed by atoms with Gasteiger partial charge in [0.15, 0.2) is 5.13 Å². The van der Waals surface area contributed by atoms with E-state index in [1.54, 1.807) is 18.4 Å². The van der Waals surface area contributed by atoms with E-state index in [0.29, 0.717) is 0 Å². The Morgan fingerprint density at radius 3 is 2.75 bits per heavy atom. The molecule has 1 aliphatic rings. The first-order valence-corrected chi connectivity index (χ1v) is 7.73. The molecule has 4 heteroatoms. The molecular weight excluding hydrogens is 268 g/mol. The van der Waals surface area contributed by atoms with Crippen LogP contribution in [0.2, 0.25) is 0 Å². The summed E-state index contributed by atoms with van der Waals surface area (Å²) in [5, 5.41) is 4.49. The van der Waals surface area contributed by atoms with Gasteiger partial charge in [-0.25, -0.2) is 4.98 Å². The van der Waals surface area contributed by atoms with Crippen molar-refractivity contribution in [1.29, 1.82) is 0 Å². The number of methoxy groups -OCH3 is 1. The summed E-state index contributed by atoms with van der Waals surface area (Å²) < 4.78 is 5.34. The number of thiazole rings is 1. The topological polar surface area (TPSA) is 34.1 Å². The number of nitrogens with one attached hydrogen (secondary N) is 1. The lowest BCUT2D eigenvalue weighted by atomic mass is 9.93. The van der Waals surface area contributed by atoms with Gasteiger partial charge in [-0.2, -0.15) is 0 Å². The molecule has 0 aliphatic heterocycles. The molecule has 20 heavy (non-hydrogen) atoms. The Labute approximate surface area is 124 Å². The third-order valence-corrected chi connectivity index (χ3v) is 4.40. The fourth-order valence-electron chi connectivity index (χ4n) is 2.48. The Morgan fingerprint density at radius 2 is 2.05 bits per heavy atom. The second-order valence-electron chi connectivity index (χ2n) is 6.19. The highest BCUT2D eigenvalue weighted by molar-refractivity contribution is 7.16. The van der Waals surface area contributed by atoms with Crippen molar-refractivity contribution in [1.82, 2.24) is 4.98 Å². The Balaban J connectivity index is 2.02. The first-order valence-electron chi connectivity index (χ1n) is 6.91. The summed E-state index contributed by atoms with van der Waals surface area (Å²) in [6.45, 7) is 6.47. The van der Waals surface area contributed by atoms with E-state index >= 15 is 0 Å². The van der Waals surface area contributed by atoms with Gasteiger partial charge >= 0.3 is 0 Å². The Morgan fingerprint density at radius 1 is 1.25 bits per heavy atom. The lowest BCUT2D eigenvalue weighted by molar-refractivity contribution is 0.415. The molecule has 0 saturated carbocycles. The zero-order valence-electron chi connectivity index (χ0n) is 12.4. The van der Waals surface area contributed by atoms with Crippen molar-refractivity contribution >= 4 is 16.5 Å². The van der Waals surface area contributed by atoms with Crippen molar-refractivity contribution < 1.29 is 4.74 Å². The number of hydrogen-bond donors (Lipinski definition) is 1. The van der Waals surface area contributed by atoms with Crippen LogP contribution >= 0.6 is 11.3 Å². The minimum atomic E-state index is 0.0393. The molecule has 1 aliphatic carbocycles. The third kappa shape index (κ3) is 2.52. The first-order chi connectivity index (χ1) is 9.46. The highest BCUT2D eigenvalue weighted by atomic mass is 32.1. The Hall–Kier alpha value is -1.55. The van der Waals surface area contributed by atoms with Gasteiger partial charge < -0.3 is 10.1 Å². The molecule has 2 aromatic rings. The van der Waals surface area contributed by atoms with Gasteiger partial charge in [-0.3, -0.25) is 0 Å². The van der Waals surface area contributed by atoms with E-state index in [-0.39, 0.29) is 5.54 Å². The molecule has 3 rings (SSSR count). The molecule has 1 N–H and O–H groups in total. The van der Waals surface area contributed by atoms with Crippen LogP contribution in [0, 0.1) is 0 Å². The second kappa shape index (κ2) is 4.77. The van der Waals surface area contributed by atoms with E-state index in [1.165, 1.54) is 16.0 Å². The van der Waals surface area contributed by atoms with Crippen molar-refractivity contribution in [2.75, 3.05) is 12.4 Å². The summed E-state index contributed by atoms with van der Waals surface area (Å²) >= 11 is 1.78. The van der Waals surface area contributed by atoms with Crippen LogP contribution in [-0.4, -0.2) is 17.6 Å². The van der Waals surface area contributed by atoms with Gasteiger partial charge in [0.1, 0.15) is 5.75 Å². The average molecular weight is 288 g/mol. The molecule has 1 heterocycles. The maximum Gasteiger partial charge on any atom is 0.183 e. The van der Waals surface area contributed by atoms with Crippen LogP contribution < -0.4 is 10.1 Å². The summed E-state index contributed by atoms with van der Waals surface area (Å²) in [7, 11) is 1.71. The first kappa shape index (κ1) is 13.4. The minimum Gasteiger partial charge on any atom is -0.497 e. The SMILES string of the molecule is COc1ccc2c(c1)-c1nc(NC(C)(C)C)sc1CC2. The summed E-state index contributed by atoms with van der Waals surface area (Å²) in [5.74, 6) is 0.898. The molecule has 1 aromatic carbocycles. The van der Waals surface area contributed by atoms with Crippen molar-refractivity contribution in [2.24, 2.45) is 0 Å². The number of aromatic nitrogens is 1. The van der Waals surface area contributed by atoms with E-state index < -0.39 is 0 Å². The van der Waals surface area contributed by atoms with Gasteiger partial charge in [-0.05, 0) is 51.3 Å². The number of benzene rings is 1. The third-order valence-electron chi connectivity index (χ3n) is 3.37. The van der Waals surface area contributed by atoms with Crippen molar-refractivity contribution in [2.45, 2.75) is 39.2 Å². The summed E-state index contributed by atoms with van der Waals surface area (Å²) in [6.07, 6.45) is 2.17. The predicted octanol–water partition coefficient (Wildman–Crippen LogP) is 4.13. The fraction of sp³-hybridized carbons (Fsp3) is 0.438. The van der Waals surface area contributed by atoms with E-state index in [4.69, 9.17) is 9.72 Å². The Bertz CT molecular complexity index is 640. The van der Waals surface area contributed by atoms with Crippen LogP contribution in [-0.2, 0) is 12.8 Å². The van der Waals surface area contributed by atoms with Gasteiger partial charge in [0.2, 0.25) is 0 Å². The molecule has 0 saturated heterocycles. The van der Waals surface area contributed by atoms with Gasteiger partial charge in [0.25, 0.3) is 0 Å². The number of aryl methyl sites for hydroxylation is 2. The molecule has 0 unspecified atom stereocenters. The molecule has 0 bridgehead atoms. The quantitative estimate of drug-likeness (QED) is 0.902. The zero-order valence-corrected chi connectivity index (χ0v) is 13.2. The summed E-state index contributed by atoms with van der Waals surface area (Å²) in [5.41, 5.74) is 3.76. The molecule has 1 aromatic heterocycles. The number of ether oxygens (including phenoxy) is 1. The Kier molecular flexibility index (Phi) is 3.21. The van der Waals surface area contributed by atoms with Crippen LogP contribution in [0.4, 0.5) is 5.13 Å². The molecule has 0 radical (unpaired) electrons. The lowest BCUT2D eigenvalue weighted by Crippen LogP contribution is -2.25. The largest absolute Gasteiger partial charge is 0.497 e. The van der Waals surface area contributed by atoms with Crippen LogP contribution in [0.25, 0.3) is 11.3 Å². The van der Waals surface area contributed by atoms with E-state index in [1.807, 2.05) is 6.07 Å². The average Bonchev–Trinajstić information content (AvgIpc) is 2.78. The van der Waals surface area contributed by atoms with Crippen molar-refractivity contribution in [3.8, 4) is 17.0 Å². The van der Waals surface area contributed by atoms with Gasteiger partial charge in [-0.1, -0.05) is 6.07 Å². The van der Waals surface area contributed by atoms with Crippen LogP contribution in [0.5, 0.6) is 5.75 Å². The minimum absolute atomic E-state index is 0.0393. The summed E-state index contributed by atoms with van der Waals surface area (Å²) in [6, 6.07) is 6.30. The number of anilines is 1. The normalized spacial score (nSPS) is 13.6. The monoisotopic (exact) mass is 288 g/mol. The molecule has 3 nitrogen and oxygen atoms in total. The fourth-order valence-corrected chi connectivity index (χ4v) is 3.66. The highest BCUT2D eigenvalue weighted by Crippen LogP contribution is 2.40. The standard InChI is InChI=1S/C16H20N2OS/c1-16(2,3)18-15-17-14-12-9-11(19-4)7-5-10(12)6-8-13(14)20-15/h5,7,9H,6,8H2,1-4H3,(H,17,18). The van der Waals surface area contributed by atoms with Crippen molar-refractivity contribution in [3.05, 3.63) is 28.6 Å². The lowest BCUT2D eigenvalue weighted by Gasteiger charge is -2.19. The second-order valence-corrected chi connectivity index (χ2v) is 7.27. The van der Waals surface area contributed by atoms with Gasteiger partial charge in [0.05, 0.1) is 12.8 Å². The number of rotatable bonds is 2. The number of fused-ring (bicyclic) bond motifs is 3. The zero-order chi connectivity index (χ0) is 14.3. The molecule has 0 spiro atoms. The van der Waals surface area contributed by atoms with E-state index in [0.717, 1.165) is 29.4 Å². The van der Waals surface area contributed by atoms with Crippen LogP contribution in [0.15, 0.2) is 18.2 Å². The van der Waals surface area contributed by atoms with Crippen molar-refractivity contribution in [3.63, 3.8) is 0 Å². The highest BCUT2D eigenvalue weighted by Gasteiger charge is 2.22. The molecule has 106 valence electrons. The molecule has 0 fully saturated rings. The smallest absolute Gasteiger partial charge is 0.183 e. The maximum atomic E-state index is 5.34. The molecule has 0 amide bonds. The van der Waals surface area contributed by atoms with Gasteiger partial charge in [0, 0.05) is 16.0 Å². The van der Waals surface area contributed by atoms with E-state index in [2.05, 4.69) is 38.2 Å². The van der Waals surface area contributed by atoms with E-state index in [9.17, 15) is 0 Å². The maximum absolute atomic E-state index is 5.34. The molecule has 0 atom stereocenters. The number of hydrogen-bond acceptors (Lipinski definition) is 4. The summed E-state index contributed by atoms with van der Waals surface area (Å²) in [4.78, 5) is 6.18.